The molecular formula is C15H18N2O3. The Balaban J connectivity index is 2.08. The smallest absolute Gasteiger partial charge is 0.311 e. The van der Waals surface area contributed by atoms with E-state index < -0.39 is 0 Å². The topological polar surface area (TPSA) is 67.8 Å². The zero-order chi connectivity index (χ0) is 14.5. The van der Waals surface area contributed by atoms with Crippen molar-refractivity contribution >= 4 is 17.6 Å². The van der Waals surface area contributed by atoms with Gasteiger partial charge in [-0.1, -0.05) is 13.8 Å². The van der Waals surface area contributed by atoms with Crippen LogP contribution in [0, 0.1) is 5.92 Å². The number of carbonyl (C=O) groups excluding carboxylic acids is 2. The summed E-state index contributed by atoms with van der Waals surface area (Å²) in [7, 11) is 0. The molecule has 1 aromatic rings. The highest BCUT2D eigenvalue weighted by Crippen LogP contribution is 2.19. The minimum atomic E-state index is -0.226. The number of amides is 1. The molecule has 0 spiro atoms. The number of carbonyl (C=O) groups is 2. The van der Waals surface area contributed by atoms with Crippen molar-refractivity contribution in [3.63, 3.8) is 0 Å². The largest absolute Gasteiger partial charge is 0.427 e. The molecule has 1 unspecified atom stereocenters. The van der Waals surface area contributed by atoms with E-state index in [0.717, 1.165) is 17.7 Å². The lowest BCUT2D eigenvalue weighted by atomic mass is 9.94. The lowest BCUT2D eigenvalue weighted by Crippen LogP contribution is -2.31. The first-order valence-corrected chi connectivity index (χ1v) is 6.77. The van der Waals surface area contributed by atoms with Crippen LogP contribution in [0.1, 0.15) is 38.7 Å². The molecule has 2 rings (SSSR count). The Morgan fingerprint density at radius 3 is 2.70 bits per heavy atom. The number of benzene rings is 1. The van der Waals surface area contributed by atoms with Crippen molar-refractivity contribution in [1.29, 1.82) is 0 Å². The maximum absolute atomic E-state index is 11.4. The number of hydrogen-bond donors (Lipinski definition) is 1. The van der Waals surface area contributed by atoms with Gasteiger partial charge in [-0.25, -0.2) is 5.43 Å². The summed E-state index contributed by atoms with van der Waals surface area (Å²) >= 11 is 0. The van der Waals surface area contributed by atoms with E-state index in [1.54, 1.807) is 12.1 Å². The average Bonchev–Trinajstić information content (AvgIpc) is 2.40. The summed E-state index contributed by atoms with van der Waals surface area (Å²) in [6.45, 7) is 3.90. The summed E-state index contributed by atoms with van der Waals surface area (Å²) in [4.78, 5) is 22.6. The molecule has 1 N–H and O–H groups in total. The van der Waals surface area contributed by atoms with Crippen LogP contribution in [-0.2, 0) is 9.59 Å². The van der Waals surface area contributed by atoms with Crippen LogP contribution in [0.4, 0.5) is 0 Å². The Hall–Kier alpha value is -2.17. The molecule has 1 aliphatic rings. The molecule has 1 aromatic carbocycles. The first-order chi connectivity index (χ1) is 9.60. The predicted molar refractivity (Wildman–Crippen MR) is 75.4 cm³/mol. The van der Waals surface area contributed by atoms with Gasteiger partial charge in [0.1, 0.15) is 5.75 Å². The van der Waals surface area contributed by atoms with Crippen LogP contribution in [0.15, 0.2) is 29.4 Å². The highest BCUT2D eigenvalue weighted by atomic mass is 16.5. The van der Waals surface area contributed by atoms with Gasteiger partial charge in [-0.3, -0.25) is 9.59 Å². The van der Waals surface area contributed by atoms with Crippen LogP contribution >= 0.6 is 0 Å². The zero-order valence-corrected chi connectivity index (χ0v) is 11.7. The van der Waals surface area contributed by atoms with Crippen molar-refractivity contribution < 1.29 is 14.3 Å². The molecule has 1 atom stereocenters. The van der Waals surface area contributed by atoms with E-state index in [1.807, 2.05) is 26.0 Å². The molecule has 0 bridgehead atoms. The summed E-state index contributed by atoms with van der Waals surface area (Å²) in [6.07, 6.45) is 1.62. The Morgan fingerprint density at radius 2 is 2.10 bits per heavy atom. The molecule has 5 heteroatoms. The predicted octanol–water partition coefficient (Wildman–Crippen LogP) is 2.25. The summed E-state index contributed by atoms with van der Waals surface area (Å²) in [5.74, 6) is 0.319. The molecule has 106 valence electrons. The van der Waals surface area contributed by atoms with Crippen LogP contribution < -0.4 is 10.2 Å². The second-order valence-electron chi connectivity index (χ2n) is 4.89. The van der Waals surface area contributed by atoms with E-state index in [9.17, 15) is 9.59 Å². The third-order valence-corrected chi connectivity index (χ3v) is 3.10. The van der Waals surface area contributed by atoms with Gasteiger partial charge in [-0.15, -0.1) is 0 Å². The van der Waals surface area contributed by atoms with Gasteiger partial charge < -0.3 is 4.74 Å². The molecule has 1 heterocycles. The normalized spacial score (nSPS) is 18.2. The van der Waals surface area contributed by atoms with Gasteiger partial charge in [0, 0.05) is 18.8 Å². The molecule has 0 saturated heterocycles. The average molecular weight is 274 g/mol. The molecule has 1 aliphatic heterocycles. The summed E-state index contributed by atoms with van der Waals surface area (Å²) in [5.41, 5.74) is 4.26. The number of hydrogen-bond acceptors (Lipinski definition) is 4. The van der Waals surface area contributed by atoms with Gasteiger partial charge in [0.25, 0.3) is 0 Å². The van der Waals surface area contributed by atoms with Gasteiger partial charge in [0.2, 0.25) is 5.91 Å². The SMILES string of the molecule is CCCC(=O)Oc1ccc(C2=NNC(=O)CC2C)cc1. The van der Waals surface area contributed by atoms with E-state index in [0.29, 0.717) is 18.6 Å². The van der Waals surface area contributed by atoms with Crippen LogP contribution in [0.25, 0.3) is 0 Å². The van der Waals surface area contributed by atoms with Crippen molar-refractivity contribution in [3.8, 4) is 5.75 Å². The van der Waals surface area contributed by atoms with E-state index >= 15 is 0 Å². The minimum absolute atomic E-state index is 0.0636. The van der Waals surface area contributed by atoms with Crippen molar-refractivity contribution in [2.75, 3.05) is 0 Å². The number of nitrogens with zero attached hydrogens (tertiary/aromatic N) is 1. The van der Waals surface area contributed by atoms with Crippen molar-refractivity contribution in [2.45, 2.75) is 33.1 Å². The quantitative estimate of drug-likeness (QED) is 0.676. The lowest BCUT2D eigenvalue weighted by molar-refractivity contribution is -0.134. The van der Waals surface area contributed by atoms with E-state index in [4.69, 9.17) is 4.74 Å². The molecule has 20 heavy (non-hydrogen) atoms. The maximum atomic E-state index is 11.4. The van der Waals surface area contributed by atoms with Crippen LogP contribution in [0.5, 0.6) is 5.75 Å². The number of nitrogens with one attached hydrogen (secondary N) is 1. The van der Waals surface area contributed by atoms with Gasteiger partial charge in [0.15, 0.2) is 0 Å². The standard InChI is InChI=1S/C15H18N2O3/c1-3-4-14(19)20-12-7-5-11(6-8-12)15-10(2)9-13(18)16-17-15/h5-8,10H,3-4,9H2,1-2H3,(H,16,18). The van der Waals surface area contributed by atoms with Gasteiger partial charge in [-0.2, -0.15) is 5.10 Å². The van der Waals surface area contributed by atoms with Gasteiger partial charge in [-0.05, 0) is 36.2 Å². The Morgan fingerprint density at radius 1 is 1.40 bits per heavy atom. The van der Waals surface area contributed by atoms with Crippen LogP contribution in [0.2, 0.25) is 0 Å². The molecule has 5 nitrogen and oxygen atoms in total. The van der Waals surface area contributed by atoms with E-state index in [2.05, 4.69) is 10.5 Å². The first-order valence-electron chi connectivity index (χ1n) is 6.77. The second-order valence-corrected chi connectivity index (χ2v) is 4.89. The Kier molecular flexibility index (Phi) is 4.50. The van der Waals surface area contributed by atoms with E-state index in [-0.39, 0.29) is 17.8 Å². The fourth-order valence-corrected chi connectivity index (χ4v) is 2.08. The fourth-order valence-electron chi connectivity index (χ4n) is 2.08. The molecular weight excluding hydrogens is 256 g/mol. The molecule has 0 radical (unpaired) electrons. The van der Waals surface area contributed by atoms with Gasteiger partial charge in [0.05, 0.1) is 5.71 Å². The monoisotopic (exact) mass is 274 g/mol. The van der Waals surface area contributed by atoms with Gasteiger partial charge >= 0.3 is 5.97 Å². The number of rotatable bonds is 4. The first kappa shape index (κ1) is 14.2. The summed E-state index contributed by atoms with van der Waals surface area (Å²) < 4.78 is 5.19. The molecule has 0 aliphatic carbocycles. The molecule has 1 amide bonds. The van der Waals surface area contributed by atoms with Crippen molar-refractivity contribution in [3.05, 3.63) is 29.8 Å². The third-order valence-electron chi connectivity index (χ3n) is 3.10. The molecule has 0 aromatic heterocycles. The highest BCUT2D eigenvalue weighted by Gasteiger charge is 2.21. The summed E-state index contributed by atoms with van der Waals surface area (Å²) in [6, 6.07) is 7.19. The lowest BCUT2D eigenvalue weighted by Gasteiger charge is -2.19. The molecule has 0 fully saturated rings. The third kappa shape index (κ3) is 3.44. The van der Waals surface area contributed by atoms with Crippen LogP contribution in [-0.4, -0.2) is 17.6 Å². The number of esters is 1. The Bertz CT molecular complexity index is 535. The summed E-state index contributed by atoms with van der Waals surface area (Å²) in [5, 5.41) is 4.09. The highest BCUT2D eigenvalue weighted by molar-refractivity contribution is 6.05. The minimum Gasteiger partial charge on any atom is -0.427 e. The Labute approximate surface area is 118 Å². The maximum Gasteiger partial charge on any atom is 0.311 e. The van der Waals surface area contributed by atoms with Crippen LogP contribution in [0.3, 0.4) is 0 Å². The number of hydrazone groups is 1. The van der Waals surface area contributed by atoms with Crippen molar-refractivity contribution in [2.24, 2.45) is 11.0 Å². The number of ether oxygens (including phenoxy) is 1. The second kappa shape index (κ2) is 6.32. The van der Waals surface area contributed by atoms with Crippen molar-refractivity contribution in [1.82, 2.24) is 5.43 Å². The van der Waals surface area contributed by atoms with E-state index in [1.165, 1.54) is 0 Å². The zero-order valence-electron chi connectivity index (χ0n) is 11.7. The molecule has 0 saturated carbocycles. The fraction of sp³-hybridized carbons (Fsp3) is 0.400.